The van der Waals surface area contributed by atoms with Crippen molar-refractivity contribution in [1.82, 2.24) is 0 Å². The number of hydrogen-bond acceptors (Lipinski definition) is 3. The van der Waals surface area contributed by atoms with E-state index in [-0.39, 0.29) is 0 Å². The molecular weight excluding hydrogens is 334 g/mol. The summed E-state index contributed by atoms with van der Waals surface area (Å²) in [6.45, 7) is 3.91. The number of primary amides is 1. The van der Waals surface area contributed by atoms with Crippen LogP contribution in [0.4, 0.5) is 15.5 Å². The summed E-state index contributed by atoms with van der Waals surface area (Å²) in [6.07, 6.45) is 1.80. The van der Waals surface area contributed by atoms with Gasteiger partial charge in [-0.2, -0.15) is 0 Å². The highest BCUT2D eigenvalue weighted by Crippen LogP contribution is 2.33. The molecule has 2 aromatic rings. The Kier molecular flexibility index (Phi) is 5.63. The van der Waals surface area contributed by atoms with Crippen molar-refractivity contribution in [2.45, 2.75) is 26.7 Å². The minimum Gasteiger partial charge on any atom is -0.365 e. The Balaban J connectivity index is 2.18. The van der Waals surface area contributed by atoms with Gasteiger partial charge in [0.1, 0.15) is 5.00 Å². The first-order valence-corrected chi connectivity index (χ1v) is 8.37. The first kappa shape index (κ1) is 17.3. The van der Waals surface area contributed by atoms with E-state index in [1.54, 1.807) is 24.3 Å². The lowest BCUT2D eigenvalue weighted by molar-refractivity contribution is 0.100. The molecule has 0 spiro atoms. The van der Waals surface area contributed by atoms with Crippen LogP contribution in [0.3, 0.4) is 0 Å². The average molecular weight is 352 g/mol. The quantitative estimate of drug-likeness (QED) is 0.745. The summed E-state index contributed by atoms with van der Waals surface area (Å²) in [5.74, 6) is -0.539. The maximum absolute atomic E-state index is 12.1. The average Bonchev–Trinajstić information content (AvgIpc) is 2.78. The minimum absolute atomic E-state index is 0.379. The molecule has 1 aromatic carbocycles. The van der Waals surface area contributed by atoms with E-state index in [2.05, 4.69) is 17.6 Å². The lowest BCUT2D eigenvalue weighted by atomic mass is 10.1. The molecule has 0 aliphatic heterocycles. The monoisotopic (exact) mass is 351 g/mol. The normalized spacial score (nSPS) is 10.4. The summed E-state index contributed by atoms with van der Waals surface area (Å²) >= 11 is 7.19. The third-order valence-electron chi connectivity index (χ3n) is 3.30. The molecule has 0 bridgehead atoms. The van der Waals surface area contributed by atoms with Crippen LogP contribution >= 0.6 is 22.9 Å². The summed E-state index contributed by atoms with van der Waals surface area (Å²) in [6, 6.07) is 6.32. The molecule has 0 saturated heterocycles. The summed E-state index contributed by atoms with van der Waals surface area (Å²) in [7, 11) is 0. The van der Waals surface area contributed by atoms with E-state index in [0.717, 1.165) is 23.3 Å². The smallest absolute Gasteiger partial charge is 0.324 e. The SMILES string of the molecule is CCCc1sc(NC(=O)Nc2ccc(Cl)cc2)c(C(N)=O)c1C. The van der Waals surface area contributed by atoms with Crippen molar-refractivity contribution in [2.75, 3.05) is 10.6 Å². The van der Waals surface area contributed by atoms with Gasteiger partial charge in [-0.25, -0.2) is 4.79 Å². The van der Waals surface area contributed by atoms with Gasteiger partial charge in [-0.3, -0.25) is 10.1 Å². The Morgan fingerprint density at radius 1 is 1.22 bits per heavy atom. The van der Waals surface area contributed by atoms with Crippen molar-refractivity contribution in [2.24, 2.45) is 5.73 Å². The fourth-order valence-electron chi connectivity index (χ4n) is 2.21. The number of carbonyl (C=O) groups excluding carboxylic acids is 2. The number of benzene rings is 1. The number of thiophene rings is 1. The molecular formula is C16H18ClN3O2S. The van der Waals surface area contributed by atoms with Crippen LogP contribution in [0, 0.1) is 6.92 Å². The van der Waals surface area contributed by atoms with Crippen LogP contribution in [0.15, 0.2) is 24.3 Å². The lowest BCUT2D eigenvalue weighted by Crippen LogP contribution is -2.21. The van der Waals surface area contributed by atoms with Crippen LogP contribution in [0.5, 0.6) is 0 Å². The van der Waals surface area contributed by atoms with Gasteiger partial charge in [-0.1, -0.05) is 24.9 Å². The molecule has 0 aliphatic carbocycles. The number of nitrogens with one attached hydrogen (secondary N) is 2. The highest BCUT2D eigenvalue weighted by atomic mass is 35.5. The zero-order chi connectivity index (χ0) is 17.0. The predicted molar refractivity (Wildman–Crippen MR) is 95.7 cm³/mol. The first-order chi connectivity index (χ1) is 10.9. The highest BCUT2D eigenvalue weighted by molar-refractivity contribution is 7.17. The number of urea groups is 1. The van der Waals surface area contributed by atoms with E-state index < -0.39 is 11.9 Å². The number of anilines is 2. The molecule has 0 atom stereocenters. The molecule has 23 heavy (non-hydrogen) atoms. The van der Waals surface area contributed by atoms with Gasteiger partial charge >= 0.3 is 6.03 Å². The third-order valence-corrected chi connectivity index (χ3v) is 4.82. The van der Waals surface area contributed by atoms with Crippen molar-refractivity contribution in [3.05, 3.63) is 45.3 Å². The molecule has 0 radical (unpaired) electrons. The van der Waals surface area contributed by atoms with Crippen molar-refractivity contribution in [1.29, 1.82) is 0 Å². The van der Waals surface area contributed by atoms with Gasteiger partial charge in [0, 0.05) is 15.6 Å². The summed E-state index contributed by atoms with van der Waals surface area (Å²) in [5.41, 5.74) is 7.28. The Labute approximate surface area is 143 Å². The molecule has 0 fully saturated rings. The fourth-order valence-corrected chi connectivity index (χ4v) is 3.64. The molecule has 5 nitrogen and oxygen atoms in total. The molecule has 122 valence electrons. The molecule has 0 saturated carbocycles. The van der Waals surface area contributed by atoms with Gasteiger partial charge in [-0.05, 0) is 43.2 Å². The summed E-state index contributed by atoms with van der Waals surface area (Å²) < 4.78 is 0. The Morgan fingerprint density at radius 2 is 1.87 bits per heavy atom. The van der Waals surface area contributed by atoms with Gasteiger partial charge < -0.3 is 11.1 Å². The van der Waals surface area contributed by atoms with Crippen LogP contribution in [-0.4, -0.2) is 11.9 Å². The summed E-state index contributed by atoms with van der Waals surface area (Å²) in [5, 5.41) is 6.46. The minimum atomic E-state index is -0.539. The van der Waals surface area contributed by atoms with E-state index in [9.17, 15) is 9.59 Å². The zero-order valence-electron chi connectivity index (χ0n) is 12.9. The molecule has 7 heteroatoms. The van der Waals surface area contributed by atoms with Gasteiger partial charge in [0.2, 0.25) is 0 Å². The fraction of sp³-hybridized carbons (Fsp3) is 0.250. The van der Waals surface area contributed by atoms with E-state index in [0.29, 0.717) is 21.3 Å². The number of nitrogens with two attached hydrogens (primary N) is 1. The Bertz CT molecular complexity index is 726. The zero-order valence-corrected chi connectivity index (χ0v) is 14.5. The second-order valence-electron chi connectivity index (χ2n) is 5.05. The van der Waals surface area contributed by atoms with E-state index in [1.165, 1.54) is 11.3 Å². The van der Waals surface area contributed by atoms with E-state index >= 15 is 0 Å². The van der Waals surface area contributed by atoms with Crippen molar-refractivity contribution in [3.8, 4) is 0 Å². The van der Waals surface area contributed by atoms with Crippen LogP contribution in [0.2, 0.25) is 5.02 Å². The van der Waals surface area contributed by atoms with Crippen molar-refractivity contribution >= 4 is 45.6 Å². The summed E-state index contributed by atoms with van der Waals surface area (Å²) in [4.78, 5) is 24.9. The highest BCUT2D eigenvalue weighted by Gasteiger charge is 2.20. The Hall–Kier alpha value is -2.05. The second-order valence-corrected chi connectivity index (χ2v) is 6.60. The first-order valence-electron chi connectivity index (χ1n) is 7.18. The number of carbonyl (C=O) groups is 2. The standard InChI is InChI=1S/C16H18ClN3O2S/c1-3-4-12-9(2)13(14(18)21)15(23-12)20-16(22)19-11-7-5-10(17)6-8-11/h5-8H,3-4H2,1-2H3,(H2,18,21)(H2,19,20,22). The number of halogens is 1. The van der Waals surface area contributed by atoms with Crippen LogP contribution in [0.25, 0.3) is 0 Å². The molecule has 1 aromatic heterocycles. The largest absolute Gasteiger partial charge is 0.365 e. The molecule has 1 heterocycles. The molecule has 2 rings (SSSR count). The van der Waals surface area contributed by atoms with Crippen LogP contribution < -0.4 is 16.4 Å². The van der Waals surface area contributed by atoms with E-state index in [4.69, 9.17) is 17.3 Å². The second kappa shape index (κ2) is 7.48. The molecule has 0 unspecified atom stereocenters. The lowest BCUT2D eigenvalue weighted by Gasteiger charge is -2.07. The number of amides is 3. The van der Waals surface area contributed by atoms with Gasteiger partial charge in [0.15, 0.2) is 0 Å². The van der Waals surface area contributed by atoms with E-state index in [1.807, 2.05) is 6.92 Å². The number of aryl methyl sites for hydroxylation is 1. The predicted octanol–water partition coefficient (Wildman–Crippen LogP) is 4.41. The maximum atomic E-state index is 12.1. The van der Waals surface area contributed by atoms with Crippen molar-refractivity contribution in [3.63, 3.8) is 0 Å². The van der Waals surface area contributed by atoms with Crippen molar-refractivity contribution < 1.29 is 9.59 Å². The molecule has 3 amide bonds. The Morgan fingerprint density at radius 3 is 2.43 bits per heavy atom. The number of rotatable bonds is 5. The number of hydrogen-bond donors (Lipinski definition) is 3. The van der Waals surface area contributed by atoms with Crippen LogP contribution in [-0.2, 0) is 6.42 Å². The van der Waals surface area contributed by atoms with Gasteiger partial charge in [0.25, 0.3) is 5.91 Å². The molecule has 4 N–H and O–H groups in total. The van der Waals surface area contributed by atoms with Gasteiger partial charge in [-0.15, -0.1) is 11.3 Å². The third kappa shape index (κ3) is 4.24. The molecule has 0 aliphatic rings. The van der Waals surface area contributed by atoms with Crippen LogP contribution in [0.1, 0.15) is 34.1 Å². The van der Waals surface area contributed by atoms with Gasteiger partial charge in [0.05, 0.1) is 5.56 Å². The topological polar surface area (TPSA) is 84.2 Å². The maximum Gasteiger partial charge on any atom is 0.324 e.